The van der Waals surface area contributed by atoms with Crippen LogP contribution in [0.1, 0.15) is 30.9 Å². The van der Waals surface area contributed by atoms with Gasteiger partial charge in [0.15, 0.2) is 0 Å². The number of amides is 3. The van der Waals surface area contributed by atoms with E-state index in [1.54, 1.807) is 77.7 Å². The van der Waals surface area contributed by atoms with E-state index in [-0.39, 0.29) is 5.91 Å². The Hall–Kier alpha value is -3.84. The van der Waals surface area contributed by atoms with Gasteiger partial charge in [-0.25, -0.2) is 4.79 Å². The van der Waals surface area contributed by atoms with Gasteiger partial charge in [0.05, 0.1) is 0 Å². The van der Waals surface area contributed by atoms with Gasteiger partial charge in [0, 0.05) is 40.6 Å². The van der Waals surface area contributed by atoms with Crippen molar-refractivity contribution in [1.29, 1.82) is 0 Å². The lowest BCUT2D eigenvalue weighted by atomic mass is 10.1. The molecule has 0 saturated carbocycles. The Balaban J connectivity index is 1.45. The van der Waals surface area contributed by atoms with Gasteiger partial charge >= 0.3 is 6.09 Å². The van der Waals surface area contributed by atoms with Crippen LogP contribution in [0, 0.1) is 0 Å². The third-order valence-corrected chi connectivity index (χ3v) is 5.68. The molecule has 1 atom stereocenters. The fourth-order valence-electron chi connectivity index (χ4n) is 3.70. The molecule has 1 fully saturated rings. The minimum absolute atomic E-state index is 0.104. The Labute approximate surface area is 202 Å². The van der Waals surface area contributed by atoms with E-state index >= 15 is 0 Å². The SMILES string of the molecule is O=C(Nc1ccc(Cl)cc1)O[C@@H](C(=O)Nc1ccc(N2CCCCC2=O)cc1)c1ccccc1. The van der Waals surface area contributed by atoms with Crippen LogP contribution >= 0.6 is 11.6 Å². The molecule has 4 rings (SSSR count). The van der Waals surface area contributed by atoms with Gasteiger partial charge in [-0.1, -0.05) is 41.9 Å². The van der Waals surface area contributed by atoms with Crippen LogP contribution in [0.5, 0.6) is 0 Å². The zero-order valence-corrected chi connectivity index (χ0v) is 19.1. The monoisotopic (exact) mass is 477 g/mol. The number of rotatable bonds is 6. The van der Waals surface area contributed by atoms with Crippen LogP contribution in [0.4, 0.5) is 21.9 Å². The summed E-state index contributed by atoms with van der Waals surface area (Å²) in [7, 11) is 0. The van der Waals surface area contributed by atoms with Gasteiger partial charge in [-0.3, -0.25) is 14.9 Å². The average molecular weight is 478 g/mol. The molecule has 0 aliphatic carbocycles. The van der Waals surface area contributed by atoms with Gasteiger partial charge in [0.1, 0.15) is 0 Å². The molecule has 1 aliphatic heterocycles. The van der Waals surface area contributed by atoms with Gasteiger partial charge in [0.2, 0.25) is 12.0 Å². The van der Waals surface area contributed by atoms with Crippen LogP contribution in [0.3, 0.4) is 0 Å². The van der Waals surface area contributed by atoms with Crippen LogP contribution < -0.4 is 15.5 Å². The quantitative estimate of drug-likeness (QED) is 0.470. The first-order valence-electron chi connectivity index (χ1n) is 11.0. The molecule has 34 heavy (non-hydrogen) atoms. The number of nitrogens with zero attached hydrogens (tertiary/aromatic N) is 1. The first-order valence-corrected chi connectivity index (χ1v) is 11.4. The third-order valence-electron chi connectivity index (χ3n) is 5.43. The Morgan fingerprint density at radius 2 is 1.50 bits per heavy atom. The predicted octanol–water partition coefficient (Wildman–Crippen LogP) is 5.79. The maximum atomic E-state index is 13.1. The number of ether oxygens (including phenoxy) is 1. The van der Waals surface area contributed by atoms with Gasteiger partial charge in [-0.15, -0.1) is 0 Å². The van der Waals surface area contributed by atoms with Crippen molar-refractivity contribution in [1.82, 2.24) is 0 Å². The molecule has 1 saturated heterocycles. The van der Waals surface area contributed by atoms with Crippen LogP contribution in [0.25, 0.3) is 0 Å². The molecular formula is C26H24ClN3O4. The summed E-state index contributed by atoms with van der Waals surface area (Å²) in [4.78, 5) is 39.5. The van der Waals surface area contributed by atoms with Crippen LogP contribution in [-0.4, -0.2) is 24.5 Å². The zero-order valence-electron chi connectivity index (χ0n) is 18.4. The Bertz CT molecular complexity index is 1150. The molecular weight excluding hydrogens is 454 g/mol. The van der Waals surface area contributed by atoms with Crippen molar-refractivity contribution in [2.45, 2.75) is 25.4 Å². The van der Waals surface area contributed by atoms with Crippen molar-refractivity contribution in [3.05, 3.63) is 89.4 Å². The zero-order chi connectivity index (χ0) is 23.9. The summed E-state index contributed by atoms with van der Waals surface area (Å²) in [5.41, 5.74) is 2.34. The summed E-state index contributed by atoms with van der Waals surface area (Å²) in [5.74, 6) is -0.397. The Kier molecular flexibility index (Phi) is 7.44. The first kappa shape index (κ1) is 23.3. The summed E-state index contributed by atoms with van der Waals surface area (Å²) in [5, 5.41) is 5.93. The molecule has 7 nitrogen and oxygen atoms in total. The van der Waals surface area contributed by atoms with E-state index in [2.05, 4.69) is 10.6 Å². The minimum atomic E-state index is -1.17. The van der Waals surface area contributed by atoms with E-state index in [1.165, 1.54) is 0 Å². The second-order valence-electron chi connectivity index (χ2n) is 7.87. The number of carbonyl (C=O) groups excluding carboxylic acids is 3. The fourth-order valence-corrected chi connectivity index (χ4v) is 3.83. The molecule has 0 unspecified atom stereocenters. The highest BCUT2D eigenvalue weighted by Crippen LogP contribution is 2.25. The minimum Gasteiger partial charge on any atom is -0.431 e. The number of carbonyl (C=O) groups is 3. The molecule has 0 radical (unpaired) electrons. The number of piperidine rings is 1. The highest BCUT2D eigenvalue weighted by atomic mass is 35.5. The van der Waals surface area contributed by atoms with E-state index < -0.39 is 18.1 Å². The molecule has 1 aliphatic rings. The van der Waals surface area contributed by atoms with Crippen molar-refractivity contribution in [3.63, 3.8) is 0 Å². The van der Waals surface area contributed by atoms with Gasteiger partial charge in [-0.2, -0.15) is 0 Å². The molecule has 0 bridgehead atoms. The summed E-state index contributed by atoms with van der Waals surface area (Å²) >= 11 is 5.88. The molecule has 0 spiro atoms. The third kappa shape index (κ3) is 5.94. The maximum Gasteiger partial charge on any atom is 0.412 e. The average Bonchev–Trinajstić information content (AvgIpc) is 2.85. The molecule has 0 aromatic heterocycles. The number of anilines is 3. The fraction of sp³-hybridized carbons (Fsp3) is 0.192. The highest BCUT2D eigenvalue weighted by Gasteiger charge is 2.26. The topological polar surface area (TPSA) is 87.7 Å². The van der Waals surface area contributed by atoms with E-state index in [9.17, 15) is 14.4 Å². The van der Waals surface area contributed by atoms with Crippen molar-refractivity contribution >= 4 is 46.6 Å². The van der Waals surface area contributed by atoms with Gasteiger partial charge in [0.25, 0.3) is 5.91 Å². The molecule has 174 valence electrons. The second kappa shape index (κ2) is 10.9. The maximum absolute atomic E-state index is 13.1. The summed E-state index contributed by atoms with van der Waals surface area (Å²) in [6.45, 7) is 0.692. The molecule has 3 aromatic carbocycles. The molecule has 3 aromatic rings. The molecule has 1 heterocycles. The predicted molar refractivity (Wildman–Crippen MR) is 132 cm³/mol. The summed E-state index contributed by atoms with van der Waals surface area (Å²) in [6, 6.07) is 22.4. The van der Waals surface area contributed by atoms with E-state index in [1.807, 2.05) is 6.07 Å². The smallest absolute Gasteiger partial charge is 0.412 e. The molecule has 2 N–H and O–H groups in total. The molecule has 8 heteroatoms. The van der Waals surface area contributed by atoms with Crippen LogP contribution in [0.2, 0.25) is 5.02 Å². The second-order valence-corrected chi connectivity index (χ2v) is 8.30. The standard InChI is InChI=1S/C26H24ClN3O4/c27-19-9-11-21(12-10-19)29-26(33)34-24(18-6-2-1-3-7-18)25(32)28-20-13-15-22(16-14-20)30-17-5-4-8-23(30)31/h1-3,6-7,9-16,24H,4-5,8,17H2,(H,28,32)(H,29,33)/t24-/m1/s1. The number of benzene rings is 3. The largest absolute Gasteiger partial charge is 0.431 e. The lowest BCUT2D eigenvalue weighted by Crippen LogP contribution is -2.35. The lowest BCUT2D eigenvalue weighted by Gasteiger charge is -2.27. The number of hydrogen-bond donors (Lipinski definition) is 2. The van der Waals surface area contributed by atoms with Crippen molar-refractivity contribution in [2.75, 3.05) is 22.1 Å². The van der Waals surface area contributed by atoms with Crippen molar-refractivity contribution < 1.29 is 19.1 Å². The number of hydrogen-bond acceptors (Lipinski definition) is 4. The van der Waals surface area contributed by atoms with Gasteiger partial charge < -0.3 is 15.0 Å². The normalized spacial score (nSPS) is 14.3. The number of nitrogens with one attached hydrogen (secondary N) is 2. The Morgan fingerprint density at radius 1 is 0.853 bits per heavy atom. The van der Waals surface area contributed by atoms with E-state index in [0.717, 1.165) is 18.5 Å². The Morgan fingerprint density at radius 3 is 2.18 bits per heavy atom. The number of halogens is 1. The first-order chi connectivity index (χ1) is 16.5. The highest BCUT2D eigenvalue weighted by molar-refractivity contribution is 6.30. The lowest BCUT2D eigenvalue weighted by molar-refractivity contribution is -0.124. The van der Waals surface area contributed by atoms with Gasteiger partial charge in [-0.05, 0) is 61.4 Å². The van der Waals surface area contributed by atoms with Crippen LogP contribution in [-0.2, 0) is 14.3 Å². The summed E-state index contributed by atoms with van der Waals surface area (Å²) in [6.07, 6.45) is 0.489. The summed E-state index contributed by atoms with van der Waals surface area (Å²) < 4.78 is 5.49. The van der Waals surface area contributed by atoms with Crippen molar-refractivity contribution in [2.24, 2.45) is 0 Å². The van der Waals surface area contributed by atoms with E-state index in [0.29, 0.717) is 34.9 Å². The van der Waals surface area contributed by atoms with Crippen LogP contribution in [0.15, 0.2) is 78.9 Å². The van der Waals surface area contributed by atoms with Crippen molar-refractivity contribution in [3.8, 4) is 0 Å². The van der Waals surface area contributed by atoms with E-state index in [4.69, 9.17) is 16.3 Å². The molecule has 3 amide bonds.